The number of nitrogens with one attached hydrogen (secondary N) is 1. The summed E-state index contributed by atoms with van der Waals surface area (Å²) in [4.78, 5) is 3.58. The largest absolute Gasteiger partial charge is 0.495 e. The zero-order chi connectivity index (χ0) is 11.7. The molecular formula is C15H19NO. The third-order valence-corrected chi connectivity index (χ3v) is 3.81. The molecule has 17 heavy (non-hydrogen) atoms. The molecule has 1 aliphatic rings. The first kappa shape index (κ1) is 10.7. The number of rotatable bonds is 1. The van der Waals surface area contributed by atoms with Gasteiger partial charge < -0.3 is 9.72 Å². The number of hydrogen-bond acceptors (Lipinski definition) is 1. The van der Waals surface area contributed by atoms with Gasteiger partial charge in [-0.3, -0.25) is 0 Å². The molecule has 90 valence electrons. The average Bonchev–Trinajstić information content (AvgIpc) is 2.66. The number of methoxy groups -OCH3 is 1. The van der Waals surface area contributed by atoms with Gasteiger partial charge in [0.2, 0.25) is 0 Å². The first-order valence-corrected chi connectivity index (χ1v) is 6.56. The Morgan fingerprint density at radius 1 is 1.06 bits per heavy atom. The number of ether oxygens (including phenoxy) is 1. The molecule has 0 radical (unpaired) electrons. The molecule has 0 spiro atoms. The maximum atomic E-state index is 5.44. The number of fused-ring (bicyclic) bond motifs is 3. The van der Waals surface area contributed by atoms with Gasteiger partial charge in [-0.15, -0.1) is 0 Å². The van der Waals surface area contributed by atoms with Gasteiger partial charge in [0.25, 0.3) is 0 Å². The van der Waals surface area contributed by atoms with Crippen LogP contribution in [0.3, 0.4) is 0 Å². The number of H-pyrrole nitrogens is 1. The highest BCUT2D eigenvalue weighted by atomic mass is 16.5. The van der Waals surface area contributed by atoms with E-state index >= 15 is 0 Å². The van der Waals surface area contributed by atoms with E-state index in [0.717, 1.165) is 5.75 Å². The van der Waals surface area contributed by atoms with Gasteiger partial charge >= 0.3 is 0 Å². The topological polar surface area (TPSA) is 25.0 Å². The summed E-state index contributed by atoms with van der Waals surface area (Å²) in [7, 11) is 1.74. The van der Waals surface area contributed by atoms with Gasteiger partial charge in [0.15, 0.2) is 0 Å². The molecule has 1 N–H and O–H groups in total. The second-order valence-corrected chi connectivity index (χ2v) is 4.88. The summed E-state index contributed by atoms with van der Waals surface area (Å²) in [5.74, 6) is 0.967. The van der Waals surface area contributed by atoms with Crippen molar-refractivity contribution in [3.05, 3.63) is 29.5 Å². The van der Waals surface area contributed by atoms with Gasteiger partial charge in [-0.05, 0) is 37.3 Å². The fourth-order valence-corrected chi connectivity index (χ4v) is 2.93. The van der Waals surface area contributed by atoms with E-state index in [0.29, 0.717) is 0 Å². The molecule has 1 aliphatic carbocycles. The minimum atomic E-state index is 0.967. The highest BCUT2D eigenvalue weighted by molar-refractivity contribution is 5.89. The van der Waals surface area contributed by atoms with Gasteiger partial charge in [0.1, 0.15) is 5.75 Å². The minimum Gasteiger partial charge on any atom is -0.495 e. The average molecular weight is 229 g/mol. The number of aromatic nitrogens is 1. The minimum absolute atomic E-state index is 0.967. The van der Waals surface area contributed by atoms with E-state index in [2.05, 4.69) is 17.1 Å². The molecule has 0 fully saturated rings. The maximum absolute atomic E-state index is 5.44. The smallest absolute Gasteiger partial charge is 0.142 e. The van der Waals surface area contributed by atoms with Crippen molar-refractivity contribution in [1.82, 2.24) is 4.98 Å². The van der Waals surface area contributed by atoms with Crippen LogP contribution in [0.4, 0.5) is 0 Å². The molecule has 1 aromatic heterocycles. The predicted octanol–water partition coefficient (Wildman–Crippen LogP) is 3.84. The fourth-order valence-electron chi connectivity index (χ4n) is 2.93. The molecule has 0 saturated heterocycles. The summed E-state index contributed by atoms with van der Waals surface area (Å²) >= 11 is 0. The summed E-state index contributed by atoms with van der Waals surface area (Å²) in [5, 5.41) is 1.36. The Labute approximate surface area is 102 Å². The summed E-state index contributed by atoms with van der Waals surface area (Å²) in [5.41, 5.74) is 4.14. The van der Waals surface area contributed by atoms with Crippen molar-refractivity contribution in [2.24, 2.45) is 0 Å². The molecule has 1 aromatic carbocycles. The Morgan fingerprint density at radius 3 is 2.71 bits per heavy atom. The number of para-hydroxylation sites is 1. The lowest BCUT2D eigenvalue weighted by atomic mass is 9.97. The molecule has 2 heteroatoms. The first-order chi connectivity index (χ1) is 8.40. The molecule has 3 rings (SSSR count). The summed E-state index contributed by atoms with van der Waals surface area (Å²) < 4.78 is 5.44. The lowest BCUT2D eigenvalue weighted by Gasteiger charge is -2.09. The Bertz CT molecular complexity index is 527. The van der Waals surface area contributed by atoms with Crippen molar-refractivity contribution in [3.8, 4) is 5.75 Å². The third kappa shape index (κ3) is 1.82. The lowest BCUT2D eigenvalue weighted by Crippen LogP contribution is -1.97. The van der Waals surface area contributed by atoms with Crippen LogP contribution in [0.25, 0.3) is 10.9 Å². The van der Waals surface area contributed by atoms with Crippen LogP contribution in [0.15, 0.2) is 18.2 Å². The SMILES string of the molecule is COc1cccc2c3c([nH]c12)CCCCCC3. The van der Waals surface area contributed by atoms with Crippen molar-refractivity contribution in [2.75, 3.05) is 7.11 Å². The highest BCUT2D eigenvalue weighted by Gasteiger charge is 2.15. The molecule has 0 unspecified atom stereocenters. The monoisotopic (exact) mass is 229 g/mol. The Morgan fingerprint density at radius 2 is 1.88 bits per heavy atom. The van der Waals surface area contributed by atoms with Crippen LogP contribution in [-0.2, 0) is 12.8 Å². The van der Waals surface area contributed by atoms with Crippen LogP contribution in [0.2, 0.25) is 0 Å². The van der Waals surface area contributed by atoms with Gasteiger partial charge in [0.05, 0.1) is 12.6 Å². The van der Waals surface area contributed by atoms with Gasteiger partial charge in [0, 0.05) is 11.1 Å². The number of benzene rings is 1. The van der Waals surface area contributed by atoms with E-state index in [4.69, 9.17) is 4.74 Å². The van der Waals surface area contributed by atoms with E-state index in [1.54, 1.807) is 7.11 Å². The standard InChI is InChI=1S/C15H19NO/c1-17-14-10-6-8-12-11-7-4-2-3-5-9-13(11)16-15(12)14/h6,8,10,16H,2-5,7,9H2,1H3. The van der Waals surface area contributed by atoms with Gasteiger partial charge in [-0.25, -0.2) is 0 Å². The van der Waals surface area contributed by atoms with Crippen molar-refractivity contribution >= 4 is 10.9 Å². The molecule has 1 heterocycles. The normalized spacial score (nSPS) is 16.3. The van der Waals surface area contributed by atoms with E-state index in [-0.39, 0.29) is 0 Å². The zero-order valence-electron chi connectivity index (χ0n) is 10.4. The predicted molar refractivity (Wildman–Crippen MR) is 70.7 cm³/mol. The molecule has 2 aromatic rings. The number of aryl methyl sites for hydroxylation is 2. The second-order valence-electron chi connectivity index (χ2n) is 4.88. The summed E-state index contributed by atoms with van der Waals surface area (Å²) in [6.07, 6.45) is 7.76. The quantitative estimate of drug-likeness (QED) is 0.789. The summed E-state index contributed by atoms with van der Waals surface area (Å²) in [6, 6.07) is 6.34. The fraction of sp³-hybridized carbons (Fsp3) is 0.467. The molecular weight excluding hydrogens is 210 g/mol. The Hall–Kier alpha value is -1.44. The van der Waals surface area contributed by atoms with Crippen LogP contribution in [0.1, 0.15) is 36.9 Å². The van der Waals surface area contributed by atoms with Crippen LogP contribution in [0.5, 0.6) is 5.75 Å². The van der Waals surface area contributed by atoms with Crippen LogP contribution >= 0.6 is 0 Å². The van der Waals surface area contributed by atoms with Gasteiger partial charge in [-0.1, -0.05) is 25.0 Å². The van der Waals surface area contributed by atoms with E-state index in [9.17, 15) is 0 Å². The van der Waals surface area contributed by atoms with Crippen molar-refractivity contribution in [3.63, 3.8) is 0 Å². The molecule has 0 saturated carbocycles. The number of hydrogen-bond donors (Lipinski definition) is 1. The van der Waals surface area contributed by atoms with Crippen molar-refractivity contribution in [1.29, 1.82) is 0 Å². The molecule has 0 amide bonds. The van der Waals surface area contributed by atoms with E-state index in [1.807, 2.05) is 6.07 Å². The zero-order valence-corrected chi connectivity index (χ0v) is 10.4. The Balaban J connectivity index is 2.18. The first-order valence-electron chi connectivity index (χ1n) is 6.56. The maximum Gasteiger partial charge on any atom is 0.142 e. The molecule has 2 nitrogen and oxygen atoms in total. The van der Waals surface area contributed by atoms with E-state index in [1.165, 1.54) is 60.7 Å². The highest BCUT2D eigenvalue weighted by Crippen LogP contribution is 2.32. The molecule has 0 bridgehead atoms. The van der Waals surface area contributed by atoms with Crippen molar-refractivity contribution in [2.45, 2.75) is 38.5 Å². The second kappa shape index (κ2) is 4.44. The summed E-state index contributed by atoms with van der Waals surface area (Å²) in [6.45, 7) is 0. The molecule has 0 aliphatic heterocycles. The van der Waals surface area contributed by atoms with E-state index < -0.39 is 0 Å². The van der Waals surface area contributed by atoms with Crippen LogP contribution in [-0.4, -0.2) is 12.1 Å². The van der Waals surface area contributed by atoms with Gasteiger partial charge in [-0.2, -0.15) is 0 Å². The van der Waals surface area contributed by atoms with Crippen LogP contribution in [0, 0.1) is 0 Å². The Kier molecular flexibility index (Phi) is 2.79. The van der Waals surface area contributed by atoms with Crippen molar-refractivity contribution < 1.29 is 4.74 Å². The lowest BCUT2D eigenvalue weighted by molar-refractivity contribution is 0.419. The molecule has 0 atom stereocenters. The number of aromatic amines is 1. The third-order valence-electron chi connectivity index (χ3n) is 3.81. The van der Waals surface area contributed by atoms with Crippen LogP contribution < -0.4 is 4.74 Å².